The second kappa shape index (κ2) is 9.54. The fourth-order valence-corrected chi connectivity index (χ4v) is 4.02. The number of esters is 1. The van der Waals surface area contributed by atoms with Gasteiger partial charge in [0.1, 0.15) is 27.9 Å². The first-order valence-electron chi connectivity index (χ1n) is 9.32. The van der Waals surface area contributed by atoms with Crippen molar-refractivity contribution in [3.05, 3.63) is 69.8 Å². The third-order valence-electron chi connectivity index (χ3n) is 4.60. The lowest BCUT2D eigenvalue weighted by Crippen LogP contribution is -2.10. The second-order valence-electron chi connectivity index (χ2n) is 6.33. The molecule has 30 heavy (non-hydrogen) atoms. The van der Waals surface area contributed by atoms with E-state index >= 15 is 0 Å². The molecule has 0 spiro atoms. The summed E-state index contributed by atoms with van der Waals surface area (Å²) in [5, 5.41) is 11.2. The summed E-state index contributed by atoms with van der Waals surface area (Å²) in [6.07, 6.45) is 2.54. The molecule has 6 nitrogen and oxygen atoms in total. The Kier molecular flexibility index (Phi) is 6.84. The number of thioether (sulfide) groups is 1. The fraction of sp³-hybridized carbons (Fsp3) is 0.217. The van der Waals surface area contributed by atoms with Crippen LogP contribution in [0.15, 0.2) is 63.7 Å². The van der Waals surface area contributed by atoms with E-state index in [-0.39, 0.29) is 11.3 Å². The number of aliphatic hydroxyl groups is 1. The van der Waals surface area contributed by atoms with Crippen LogP contribution in [0.4, 0.5) is 5.69 Å². The Morgan fingerprint density at radius 3 is 2.57 bits per heavy atom. The van der Waals surface area contributed by atoms with Crippen molar-refractivity contribution in [1.29, 1.82) is 0 Å². The van der Waals surface area contributed by atoms with E-state index in [0.29, 0.717) is 21.4 Å². The highest BCUT2D eigenvalue weighted by Crippen LogP contribution is 2.41. The normalized spacial score (nSPS) is 16.3. The summed E-state index contributed by atoms with van der Waals surface area (Å²) in [5.74, 6) is 0.424. The van der Waals surface area contributed by atoms with E-state index in [2.05, 4.69) is 4.99 Å². The quantitative estimate of drug-likeness (QED) is 0.651. The second-order valence-corrected chi connectivity index (χ2v) is 7.36. The number of aliphatic hydroxyl groups excluding tert-OH is 1. The Morgan fingerprint density at radius 2 is 1.90 bits per heavy atom. The van der Waals surface area contributed by atoms with Crippen molar-refractivity contribution in [2.24, 2.45) is 4.99 Å². The zero-order valence-corrected chi connectivity index (χ0v) is 18.1. The summed E-state index contributed by atoms with van der Waals surface area (Å²) in [7, 11) is 4.41. The molecule has 0 atom stereocenters. The van der Waals surface area contributed by atoms with E-state index in [0.717, 1.165) is 23.2 Å². The summed E-state index contributed by atoms with van der Waals surface area (Å²) in [4.78, 5) is 17.5. The molecule has 156 valence electrons. The number of carbonyl (C=O) groups excluding carboxylic acids is 1. The van der Waals surface area contributed by atoms with Crippen LogP contribution < -0.4 is 9.47 Å². The number of methoxy groups -OCH3 is 3. The van der Waals surface area contributed by atoms with E-state index < -0.39 is 5.97 Å². The van der Waals surface area contributed by atoms with Crippen LogP contribution in [-0.4, -0.2) is 37.4 Å². The van der Waals surface area contributed by atoms with Gasteiger partial charge in [-0.25, -0.2) is 9.79 Å². The average molecular weight is 426 g/mol. The highest BCUT2D eigenvalue weighted by molar-refractivity contribution is 8.18. The third kappa shape index (κ3) is 4.36. The molecule has 0 unspecified atom stereocenters. The van der Waals surface area contributed by atoms with Gasteiger partial charge in [0, 0.05) is 11.6 Å². The number of nitrogens with zero attached hydrogens (tertiary/aromatic N) is 1. The number of aryl methyl sites for hydroxylation is 1. The van der Waals surface area contributed by atoms with E-state index in [1.807, 2.05) is 37.3 Å². The first-order chi connectivity index (χ1) is 14.5. The van der Waals surface area contributed by atoms with Crippen LogP contribution in [0.25, 0.3) is 6.08 Å². The molecular formula is C23H23NO5S. The Morgan fingerprint density at radius 1 is 1.13 bits per heavy atom. The van der Waals surface area contributed by atoms with Crippen molar-refractivity contribution in [1.82, 2.24) is 0 Å². The first kappa shape index (κ1) is 21.5. The zero-order chi connectivity index (χ0) is 21.7. The highest BCUT2D eigenvalue weighted by Gasteiger charge is 2.33. The smallest absolute Gasteiger partial charge is 0.344 e. The lowest BCUT2D eigenvalue weighted by atomic mass is 10.1. The minimum atomic E-state index is -0.641. The molecule has 0 amide bonds. The molecule has 1 aliphatic heterocycles. The van der Waals surface area contributed by atoms with Gasteiger partial charge in [0.2, 0.25) is 0 Å². The minimum Gasteiger partial charge on any atom is -0.506 e. The topological polar surface area (TPSA) is 77.4 Å². The van der Waals surface area contributed by atoms with Crippen LogP contribution in [-0.2, 0) is 16.0 Å². The van der Waals surface area contributed by atoms with Crippen LogP contribution in [0, 0.1) is 0 Å². The summed E-state index contributed by atoms with van der Waals surface area (Å²) in [6, 6.07) is 13.1. The van der Waals surface area contributed by atoms with Crippen molar-refractivity contribution in [3.8, 4) is 11.5 Å². The third-order valence-corrected chi connectivity index (χ3v) is 5.62. The number of benzene rings is 2. The Hall–Kier alpha value is -3.19. The summed E-state index contributed by atoms with van der Waals surface area (Å²) >= 11 is 1.21. The molecule has 1 heterocycles. The number of carbonyl (C=O) groups is 1. The molecule has 0 fully saturated rings. The maximum atomic E-state index is 12.4. The van der Waals surface area contributed by atoms with Gasteiger partial charge in [-0.1, -0.05) is 36.9 Å². The van der Waals surface area contributed by atoms with Gasteiger partial charge in [-0.05, 0) is 36.3 Å². The molecule has 3 rings (SSSR count). The van der Waals surface area contributed by atoms with E-state index in [9.17, 15) is 9.90 Å². The molecule has 0 bridgehead atoms. The minimum absolute atomic E-state index is 0.0483. The Labute approximate surface area is 179 Å². The molecule has 0 saturated heterocycles. The molecule has 2 aromatic carbocycles. The SMILES string of the molecule is CCc1ccccc1N=C1S/C(=C/c2ccc(OC)cc2OC)C(O)=C1C(=O)OC. The molecular weight excluding hydrogens is 402 g/mol. The monoisotopic (exact) mass is 425 g/mol. The van der Waals surface area contributed by atoms with Crippen molar-refractivity contribution in [2.75, 3.05) is 21.3 Å². The summed E-state index contributed by atoms with van der Waals surface area (Å²) < 4.78 is 15.5. The van der Waals surface area contributed by atoms with Crippen LogP contribution in [0.3, 0.4) is 0 Å². The lowest BCUT2D eigenvalue weighted by Gasteiger charge is -2.08. The summed E-state index contributed by atoms with van der Waals surface area (Å²) in [5.41, 5.74) is 2.57. The molecule has 0 saturated carbocycles. The molecule has 0 aromatic heterocycles. The molecule has 7 heteroatoms. The van der Waals surface area contributed by atoms with E-state index in [4.69, 9.17) is 14.2 Å². The van der Waals surface area contributed by atoms with Crippen LogP contribution in [0.1, 0.15) is 18.1 Å². The molecule has 1 N–H and O–H groups in total. The lowest BCUT2D eigenvalue weighted by molar-refractivity contribution is -0.135. The van der Waals surface area contributed by atoms with E-state index in [1.54, 1.807) is 32.4 Å². The van der Waals surface area contributed by atoms with Gasteiger partial charge < -0.3 is 19.3 Å². The molecule has 1 aliphatic rings. The van der Waals surface area contributed by atoms with Crippen molar-refractivity contribution < 1.29 is 24.1 Å². The standard InChI is InChI=1S/C23H23NO5S/c1-5-14-8-6-7-9-17(14)24-22-20(23(26)29-4)21(25)19(30-22)12-15-10-11-16(27-2)13-18(15)28-3/h6-13,25H,5H2,1-4H3/b19-12+,24-22?. The molecule has 0 radical (unpaired) electrons. The predicted octanol–water partition coefficient (Wildman–Crippen LogP) is 5.07. The summed E-state index contributed by atoms with van der Waals surface area (Å²) in [6.45, 7) is 2.04. The number of para-hydroxylation sites is 1. The van der Waals surface area contributed by atoms with Crippen LogP contribution in [0.5, 0.6) is 11.5 Å². The first-order valence-corrected chi connectivity index (χ1v) is 10.1. The number of hydrogen-bond acceptors (Lipinski definition) is 7. The van der Waals surface area contributed by atoms with Crippen LogP contribution in [0.2, 0.25) is 0 Å². The predicted molar refractivity (Wildman–Crippen MR) is 120 cm³/mol. The van der Waals surface area contributed by atoms with Gasteiger partial charge in [-0.15, -0.1) is 0 Å². The van der Waals surface area contributed by atoms with Gasteiger partial charge in [0.25, 0.3) is 0 Å². The van der Waals surface area contributed by atoms with Crippen molar-refractivity contribution in [3.63, 3.8) is 0 Å². The largest absolute Gasteiger partial charge is 0.506 e. The number of rotatable bonds is 6. The van der Waals surface area contributed by atoms with Gasteiger partial charge >= 0.3 is 5.97 Å². The Balaban J connectivity index is 2.09. The fourth-order valence-electron chi connectivity index (χ4n) is 3.00. The van der Waals surface area contributed by atoms with Gasteiger partial charge in [-0.3, -0.25) is 0 Å². The van der Waals surface area contributed by atoms with Crippen molar-refractivity contribution >= 4 is 34.5 Å². The number of ether oxygens (including phenoxy) is 3. The maximum Gasteiger partial charge on any atom is 0.344 e. The Bertz CT molecular complexity index is 1060. The van der Waals surface area contributed by atoms with Gasteiger partial charge in [-0.2, -0.15) is 0 Å². The molecule has 0 aliphatic carbocycles. The van der Waals surface area contributed by atoms with Gasteiger partial charge in [0.15, 0.2) is 0 Å². The van der Waals surface area contributed by atoms with Gasteiger partial charge in [0.05, 0.1) is 31.9 Å². The molecule has 2 aromatic rings. The zero-order valence-electron chi connectivity index (χ0n) is 17.3. The van der Waals surface area contributed by atoms with Crippen LogP contribution >= 0.6 is 11.8 Å². The van der Waals surface area contributed by atoms with E-state index in [1.165, 1.54) is 18.9 Å². The highest BCUT2D eigenvalue weighted by atomic mass is 32.2. The number of hydrogen-bond donors (Lipinski definition) is 1. The average Bonchev–Trinajstić information content (AvgIpc) is 3.08. The number of aliphatic imine (C=N–C) groups is 1. The maximum absolute atomic E-state index is 12.4. The van der Waals surface area contributed by atoms with Crippen molar-refractivity contribution in [2.45, 2.75) is 13.3 Å².